The van der Waals surface area contributed by atoms with Gasteiger partial charge in [0.15, 0.2) is 6.61 Å². The Kier molecular flexibility index (Phi) is 5.00. The van der Waals surface area contributed by atoms with Crippen molar-refractivity contribution in [1.29, 1.82) is 5.26 Å². The van der Waals surface area contributed by atoms with E-state index in [2.05, 4.69) is 16.4 Å². The van der Waals surface area contributed by atoms with E-state index in [1.54, 1.807) is 19.1 Å². The number of rotatable bonds is 6. The molecule has 152 valence electrons. The first kappa shape index (κ1) is 19.6. The largest absolute Gasteiger partial charge is 0.452 e. The number of carbonyl (C=O) groups excluding carboxylic acids is 2. The number of nitrogens with one attached hydrogen (secondary N) is 1. The molecule has 1 aliphatic carbocycles. The summed E-state index contributed by atoms with van der Waals surface area (Å²) in [6.45, 7) is 3.17. The molecule has 1 saturated carbocycles. The monoisotopic (exact) mass is 402 g/mol. The third kappa shape index (κ3) is 3.77. The van der Waals surface area contributed by atoms with Crippen molar-refractivity contribution in [2.45, 2.75) is 32.2 Å². The van der Waals surface area contributed by atoms with Crippen LogP contribution in [0.15, 0.2) is 48.5 Å². The number of ether oxygens (including phenoxy) is 1. The van der Waals surface area contributed by atoms with Crippen LogP contribution in [0.5, 0.6) is 0 Å². The summed E-state index contributed by atoms with van der Waals surface area (Å²) in [7, 11) is 0. The van der Waals surface area contributed by atoms with Crippen LogP contribution in [0.25, 0.3) is 16.7 Å². The van der Waals surface area contributed by atoms with Gasteiger partial charge in [0.1, 0.15) is 11.4 Å². The molecule has 2 aromatic carbocycles. The average molecular weight is 402 g/mol. The van der Waals surface area contributed by atoms with Crippen LogP contribution < -0.4 is 5.32 Å². The minimum absolute atomic E-state index is 0.160. The molecule has 1 amide bonds. The maximum atomic E-state index is 12.4. The van der Waals surface area contributed by atoms with Crippen LogP contribution in [-0.4, -0.2) is 33.6 Å². The summed E-state index contributed by atoms with van der Waals surface area (Å²) >= 11 is 0. The molecule has 0 unspecified atom stereocenters. The maximum Gasteiger partial charge on any atom is 0.338 e. The van der Waals surface area contributed by atoms with E-state index < -0.39 is 24.0 Å². The second kappa shape index (κ2) is 7.64. The Morgan fingerprint density at radius 1 is 1.27 bits per heavy atom. The fourth-order valence-electron chi connectivity index (χ4n) is 3.65. The molecule has 7 nitrogen and oxygen atoms in total. The molecule has 1 aliphatic rings. The second-order valence-electron chi connectivity index (χ2n) is 7.75. The highest BCUT2D eigenvalue weighted by Gasteiger charge is 2.43. The summed E-state index contributed by atoms with van der Waals surface area (Å²) in [4.78, 5) is 29.1. The Labute approximate surface area is 174 Å². The van der Waals surface area contributed by atoms with Gasteiger partial charge in [0.2, 0.25) is 0 Å². The van der Waals surface area contributed by atoms with Crippen molar-refractivity contribution in [2.24, 2.45) is 5.92 Å². The third-order valence-electron chi connectivity index (χ3n) is 5.43. The Morgan fingerprint density at radius 3 is 2.67 bits per heavy atom. The number of hydrogen-bond acceptors (Lipinski definition) is 5. The first-order valence-electron chi connectivity index (χ1n) is 9.85. The first-order valence-corrected chi connectivity index (χ1v) is 9.85. The molecule has 0 saturated heterocycles. The zero-order valence-electron chi connectivity index (χ0n) is 16.9. The van der Waals surface area contributed by atoms with E-state index in [1.165, 1.54) is 0 Å². The molecular weight excluding hydrogens is 380 g/mol. The van der Waals surface area contributed by atoms with Gasteiger partial charge in [0.05, 0.1) is 22.7 Å². The van der Waals surface area contributed by atoms with E-state index in [0.29, 0.717) is 11.1 Å². The fraction of sp³-hybridized carbons (Fsp3) is 0.304. The lowest BCUT2D eigenvalue weighted by atomic mass is 9.98. The van der Waals surface area contributed by atoms with Crippen LogP contribution in [0.2, 0.25) is 0 Å². The van der Waals surface area contributed by atoms with E-state index in [-0.39, 0.29) is 5.92 Å². The van der Waals surface area contributed by atoms with Gasteiger partial charge in [-0.3, -0.25) is 9.36 Å². The van der Waals surface area contributed by atoms with Gasteiger partial charge in [-0.1, -0.05) is 18.2 Å². The fourth-order valence-corrected chi connectivity index (χ4v) is 3.65. The van der Waals surface area contributed by atoms with Crippen LogP contribution in [0.1, 0.15) is 35.9 Å². The standard InChI is InChI=1S/C23H22N4O3/c1-15-25-19-12-16(8-11-20(19)27(15)18-6-4-3-5-7-18)22(29)30-13-21(28)26-23(2,14-24)17-9-10-17/h3-8,11-12,17H,9-10,13H2,1-2H3,(H,26,28)/t23-/m1/s1. The number of imidazole rings is 1. The molecule has 1 atom stereocenters. The molecule has 0 bridgehead atoms. The lowest BCUT2D eigenvalue weighted by molar-refractivity contribution is -0.125. The normalized spacial score (nSPS) is 15.2. The van der Waals surface area contributed by atoms with Crippen LogP contribution in [0, 0.1) is 24.2 Å². The van der Waals surface area contributed by atoms with Crippen molar-refractivity contribution in [3.8, 4) is 11.8 Å². The Morgan fingerprint density at radius 2 is 2.00 bits per heavy atom. The molecule has 0 aliphatic heterocycles. The first-order chi connectivity index (χ1) is 14.4. The smallest absolute Gasteiger partial charge is 0.338 e. The van der Waals surface area contributed by atoms with Crippen molar-refractivity contribution in [3.05, 3.63) is 59.9 Å². The summed E-state index contributed by atoms with van der Waals surface area (Å²) in [5, 5.41) is 12.0. The number of nitriles is 1. The molecule has 0 spiro atoms. The number of carbonyl (C=O) groups is 2. The number of nitrogens with zero attached hydrogens (tertiary/aromatic N) is 3. The molecule has 30 heavy (non-hydrogen) atoms. The van der Waals surface area contributed by atoms with E-state index in [4.69, 9.17) is 4.74 Å². The topological polar surface area (TPSA) is 97.0 Å². The van der Waals surface area contributed by atoms with Gasteiger partial charge in [-0.15, -0.1) is 0 Å². The van der Waals surface area contributed by atoms with Crippen LogP contribution in [-0.2, 0) is 9.53 Å². The number of benzene rings is 2. The summed E-state index contributed by atoms with van der Waals surface area (Å²) in [6.07, 6.45) is 1.83. The summed E-state index contributed by atoms with van der Waals surface area (Å²) in [6, 6.07) is 17.1. The van der Waals surface area contributed by atoms with Crippen molar-refractivity contribution in [2.75, 3.05) is 6.61 Å². The van der Waals surface area contributed by atoms with Gasteiger partial charge < -0.3 is 10.1 Å². The number of hydrogen-bond donors (Lipinski definition) is 1. The summed E-state index contributed by atoms with van der Waals surface area (Å²) in [5.41, 5.74) is 1.94. The second-order valence-corrected chi connectivity index (χ2v) is 7.75. The van der Waals surface area contributed by atoms with Crippen LogP contribution in [0.3, 0.4) is 0 Å². The third-order valence-corrected chi connectivity index (χ3v) is 5.43. The molecule has 1 N–H and O–H groups in total. The zero-order chi connectivity index (χ0) is 21.3. The maximum absolute atomic E-state index is 12.4. The van der Waals surface area contributed by atoms with Gasteiger partial charge in [-0.25, -0.2) is 9.78 Å². The van der Waals surface area contributed by atoms with Gasteiger partial charge >= 0.3 is 5.97 Å². The van der Waals surface area contributed by atoms with Crippen molar-refractivity contribution < 1.29 is 14.3 Å². The van der Waals surface area contributed by atoms with Crippen molar-refractivity contribution in [1.82, 2.24) is 14.9 Å². The molecule has 1 heterocycles. The zero-order valence-corrected chi connectivity index (χ0v) is 16.9. The minimum atomic E-state index is -0.913. The summed E-state index contributed by atoms with van der Waals surface area (Å²) in [5.74, 6) is -0.127. The molecule has 7 heteroatoms. The van der Waals surface area contributed by atoms with Crippen molar-refractivity contribution in [3.63, 3.8) is 0 Å². The molecule has 1 fully saturated rings. The lowest BCUT2D eigenvalue weighted by Crippen LogP contribution is -2.48. The quantitative estimate of drug-likeness (QED) is 0.638. The number of aromatic nitrogens is 2. The minimum Gasteiger partial charge on any atom is -0.452 e. The van der Waals surface area contributed by atoms with E-state index >= 15 is 0 Å². The number of aryl methyl sites for hydroxylation is 1. The highest BCUT2D eigenvalue weighted by atomic mass is 16.5. The predicted octanol–water partition coefficient (Wildman–Crippen LogP) is 3.30. The molecule has 1 aromatic heterocycles. The highest BCUT2D eigenvalue weighted by molar-refractivity contribution is 5.95. The Bertz CT molecular complexity index is 1160. The van der Waals surface area contributed by atoms with Gasteiger partial charge in [0, 0.05) is 5.69 Å². The van der Waals surface area contributed by atoms with Crippen molar-refractivity contribution >= 4 is 22.9 Å². The highest BCUT2D eigenvalue weighted by Crippen LogP contribution is 2.39. The average Bonchev–Trinajstić information content (AvgIpc) is 3.55. The molecule has 3 aromatic rings. The molecule has 0 radical (unpaired) electrons. The SMILES string of the molecule is Cc1nc2cc(C(=O)OCC(=O)N[C@](C)(C#N)C3CC3)ccc2n1-c1ccccc1. The van der Waals surface area contributed by atoms with E-state index in [0.717, 1.165) is 29.9 Å². The van der Waals surface area contributed by atoms with Gasteiger partial charge in [-0.05, 0) is 62.9 Å². The van der Waals surface area contributed by atoms with E-state index in [1.807, 2.05) is 47.9 Å². The van der Waals surface area contributed by atoms with E-state index in [9.17, 15) is 14.9 Å². The Hall–Kier alpha value is -3.66. The van der Waals surface area contributed by atoms with Crippen LogP contribution in [0.4, 0.5) is 0 Å². The number of para-hydroxylation sites is 1. The number of amides is 1. The van der Waals surface area contributed by atoms with Crippen LogP contribution >= 0.6 is 0 Å². The molecule has 4 rings (SSSR count). The van der Waals surface area contributed by atoms with Gasteiger partial charge in [-0.2, -0.15) is 5.26 Å². The molecular formula is C23H22N4O3. The Balaban J connectivity index is 1.46. The van der Waals surface area contributed by atoms with Gasteiger partial charge in [0.25, 0.3) is 5.91 Å². The number of esters is 1. The number of fused-ring (bicyclic) bond motifs is 1. The lowest BCUT2D eigenvalue weighted by Gasteiger charge is -2.22. The predicted molar refractivity (Wildman–Crippen MR) is 111 cm³/mol. The summed E-state index contributed by atoms with van der Waals surface area (Å²) < 4.78 is 7.17.